The van der Waals surface area contributed by atoms with E-state index in [0.29, 0.717) is 6.42 Å². The van der Waals surface area contributed by atoms with Gasteiger partial charge in [0.25, 0.3) is 5.91 Å². The molecular weight excluding hydrogens is 337 g/mol. The number of nitrogens with zero attached hydrogens (tertiary/aromatic N) is 2. The van der Waals surface area contributed by atoms with Crippen molar-refractivity contribution in [1.82, 2.24) is 9.88 Å². The third-order valence-corrected chi connectivity index (χ3v) is 5.45. The third kappa shape index (κ3) is 2.58. The van der Waals surface area contributed by atoms with Crippen molar-refractivity contribution in [2.24, 2.45) is 16.7 Å². The Hall–Kier alpha value is -2.12. The van der Waals surface area contributed by atoms with Gasteiger partial charge in [-0.05, 0) is 29.9 Å². The molecule has 0 aromatic carbocycles. The van der Waals surface area contributed by atoms with Crippen molar-refractivity contribution in [3.63, 3.8) is 0 Å². The number of fused-ring (bicyclic) bond motifs is 1. The Morgan fingerprint density at radius 2 is 2.04 bits per heavy atom. The molecule has 3 rings (SSSR count). The molecule has 2 atom stereocenters. The SMILES string of the molecule is COC(=O)[C@@]12CN(C(=O)c3ncccc3C(F)(F)F)C[C@@H]1C(C)(C)C2. The number of aromatic nitrogens is 1. The number of hydrogen-bond acceptors (Lipinski definition) is 4. The molecule has 1 amide bonds. The monoisotopic (exact) mass is 356 g/mol. The molecule has 2 heterocycles. The minimum atomic E-state index is -4.67. The number of hydrogen-bond donors (Lipinski definition) is 0. The van der Waals surface area contributed by atoms with E-state index in [1.165, 1.54) is 12.0 Å². The summed E-state index contributed by atoms with van der Waals surface area (Å²) in [6.07, 6.45) is -2.97. The summed E-state index contributed by atoms with van der Waals surface area (Å²) in [7, 11) is 1.28. The van der Waals surface area contributed by atoms with Crippen molar-refractivity contribution in [2.75, 3.05) is 20.2 Å². The van der Waals surface area contributed by atoms with Gasteiger partial charge in [0.2, 0.25) is 0 Å². The topological polar surface area (TPSA) is 59.5 Å². The highest BCUT2D eigenvalue weighted by molar-refractivity contribution is 5.95. The van der Waals surface area contributed by atoms with Gasteiger partial charge in [0.05, 0.1) is 18.1 Å². The number of methoxy groups -OCH3 is 1. The molecular formula is C17H19F3N2O3. The second-order valence-electron chi connectivity index (χ2n) is 7.45. The molecule has 2 aliphatic rings. The van der Waals surface area contributed by atoms with Gasteiger partial charge in [-0.25, -0.2) is 0 Å². The van der Waals surface area contributed by atoms with Crippen LogP contribution in [0.3, 0.4) is 0 Å². The minimum absolute atomic E-state index is 0.0560. The van der Waals surface area contributed by atoms with Crippen LogP contribution < -0.4 is 0 Å². The van der Waals surface area contributed by atoms with Crippen LogP contribution in [0, 0.1) is 16.7 Å². The molecule has 1 saturated carbocycles. The molecule has 0 spiro atoms. The summed E-state index contributed by atoms with van der Waals surface area (Å²) in [4.78, 5) is 29.9. The van der Waals surface area contributed by atoms with Gasteiger partial charge in [-0.2, -0.15) is 13.2 Å². The van der Waals surface area contributed by atoms with Crippen LogP contribution in [-0.2, 0) is 15.7 Å². The van der Waals surface area contributed by atoms with Gasteiger partial charge in [-0.15, -0.1) is 0 Å². The predicted molar refractivity (Wildman–Crippen MR) is 81.5 cm³/mol. The number of ether oxygens (including phenoxy) is 1. The van der Waals surface area contributed by atoms with E-state index in [1.807, 2.05) is 13.8 Å². The van der Waals surface area contributed by atoms with Crippen LogP contribution in [-0.4, -0.2) is 42.0 Å². The predicted octanol–water partition coefficient (Wildman–Crippen LogP) is 2.76. The zero-order valence-electron chi connectivity index (χ0n) is 14.2. The zero-order chi connectivity index (χ0) is 18.6. The average molecular weight is 356 g/mol. The highest BCUT2D eigenvalue weighted by Crippen LogP contribution is 2.63. The maximum atomic E-state index is 13.2. The first-order valence-corrected chi connectivity index (χ1v) is 7.93. The van der Waals surface area contributed by atoms with E-state index in [9.17, 15) is 22.8 Å². The van der Waals surface area contributed by atoms with Crippen molar-refractivity contribution in [1.29, 1.82) is 0 Å². The van der Waals surface area contributed by atoms with E-state index >= 15 is 0 Å². The van der Waals surface area contributed by atoms with Crippen LogP contribution in [0.25, 0.3) is 0 Å². The quantitative estimate of drug-likeness (QED) is 0.765. The van der Waals surface area contributed by atoms with Gasteiger partial charge in [0.1, 0.15) is 5.69 Å². The van der Waals surface area contributed by atoms with Gasteiger partial charge in [0.15, 0.2) is 0 Å². The first-order chi connectivity index (χ1) is 11.5. The van der Waals surface area contributed by atoms with E-state index in [1.54, 1.807) is 0 Å². The van der Waals surface area contributed by atoms with E-state index in [-0.39, 0.29) is 24.4 Å². The Bertz CT molecular complexity index is 732. The summed E-state index contributed by atoms with van der Waals surface area (Å²) in [6.45, 7) is 4.23. The minimum Gasteiger partial charge on any atom is -0.469 e. The lowest BCUT2D eigenvalue weighted by Crippen LogP contribution is -2.57. The summed E-state index contributed by atoms with van der Waals surface area (Å²) < 4.78 is 44.4. The molecule has 1 aliphatic heterocycles. The Morgan fingerprint density at radius 3 is 2.60 bits per heavy atom. The standard InChI is InChI=1S/C17H19F3N2O3/c1-15(2)8-16(14(24)25-3)9-22(7-11(15)16)13(23)12-10(17(18,19)20)5-4-6-21-12/h4-6,11H,7-9H2,1-3H3/t11-,16+/m1/s1. The second-order valence-corrected chi connectivity index (χ2v) is 7.45. The van der Waals surface area contributed by atoms with E-state index in [4.69, 9.17) is 4.74 Å². The largest absolute Gasteiger partial charge is 0.469 e. The highest BCUT2D eigenvalue weighted by Gasteiger charge is 2.68. The fraction of sp³-hybridized carbons (Fsp3) is 0.588. The van der Waals surface area contributed by atoms with Gasteiger partial charge >= 0.3 is 12.1 Å². The second kappa shape index (κ2) is 5.44. The molecule has 1 aromatic rings. The van der Waals surface area contributed by atoms with Gasteiger partial charge < -0.3 is 9.64 Å². The van der Waals surface area contributed by atoms with Crippen LogP contribution in [0.5, 0.6) is 0 Å². The Balaban J connectivity index is 1.93. The number of amides is 1. The number of halogens is 3. The van der Waals surface area contributed by atoms with E-state index < -0.39 is 34.7 Å². The molecule has 8 heteroatoms. The Kier molecular flexibility index (Phi) is 3.85. The van der Waals surface area contributed by atoms with Gasteiger partial charge in [0, 0.05) is 19.3 Å². The lowest BCUT2D eigenvalue weighted by molar-refractivity contribution is -0.174. The molecule has 0 bridgehead atoms. The first kappa shape index (κ1) is 17.7. The number of rotatable bonds is 2. The molecule has 136 valence electrons. The van der Waals surface area contributed by atoms with Crippen LogP contribution in [0.1, 0.15) is 36.3 Å². The number of carbonyl (C=O) groups excluding carboxylic acids is 2. The fourth-order valence-electron chi connectivity index (χ4n) is 4.48. The maximum absolute atomic E-state index is 13.2. The average Bonchev–Trinajstić information content (AvgIpc) is 2.88. The lowest BCUT2D eigenvalue weighted by atomic mass is 9.48. The summed E-state index contributed by atoms with van der Waals surface area (Å²) >= 11 is 0. The van der Waals surface area contributed by atoms with Gasteiger partial charge in [-0.1, -0.05) is 13.8 Å². The number of alkyl halides is 3. The molecule has 1 aliphatic carbocycles. The molecule has 1 saturated heterocycles. The smallest absolute Gasteiger partial charge is 0.418 e. The fourth-order valence-corrected chi connectivity index (χ4v) is 4.48. The third-order valence-electron chi connectivity index (χ3n) is 5.45. The molecule has 0 unspecified atom stereocenters. The van der Waals surface area contributed by atoms with Crippen LogP contribution in [0.4, 0.5) is 13.2 Å². The van der Waals surface area contributed by atoms with Crippen molar-refractivity contribution >= 4 is 11.9 Å². The van der Waals surface area contributed by atoms with Crippen LogP contribution in [0.2, 0.25) is 0 Å². The summed E-state index contributed by atoms with van der Waals surface area (Å²) in [5, 5.41) is 0. The van der Waals surface area contributed by atoms with Crippen LogP contribution in [0.15, 0.2) is 18.3 Å². The lowest BCUT2D eigenvalue weighted by Gasteiger charge is -2.54. The maximum Gasteiger partial charge on any atom is 0.418 e. The highest BCUT2D eigenvalue weighted by atomic mass is 19.4. The number of likely N-dealkylation sites (tertiary alicyclic amines) is 1. The Morgan fingerprint density at radius 1 is 1.36 bits per heavy atom. The summed E-state index contributed by atoms with van der Waals surface area (Å²) in [5.41, 5.74) is -2.71. The normalized spacial score (nSPS) is 27.4. The molecule has 0 N–H and O–H groups in total. The molecule has 2 fully saturated rings. The molecule has 0 radical (unpaired) electrons. The van der Waals surface area contributed by atoms with Crippen molar-refractivity contribution in [3.05, 3.63) is 29.6 Å². The molecule has 25 heavy (non-hydrogen) atoms. The number of esters is 1. The first-order valence-electron chi connectivity index (χ1n) is 7.93. The van der Waals surface area contributed by atoms with Crippen molar-refractivity contribution in [2.45, 2.75) is 26.4 Å². The van der Waals surface area contributed by atoms with E-state index in [2.05, 4.69) is 4.98 Å². The van der Waals surface area contributed by atoms with Crippen molar-refractivity contribution < 1.29 is 27.5 Å². The number of pyridine rings is 1. The number of carbonyl (C=O) groups is 2. The van der Waals surface area contributed by atoms with Gasteiger partial charge in [-0.3, -0.25) is 14.6 Å². The van der Waals surface area contributed by atoms with Crippen LogP contribution >= 0.6 is 0 Å². The molecule has 1 aromatic heterocycles. The zero-order valence-corrected chi connectivity index (χ0v) is 14.2. The summed E-state index contributed by atoms with van der Waals surface area (Å²) in [6, 6.07) is 1.98. The van der Waals surface area contributed by atoms with Crippen molar-refractivity contribution in [3.8, 4) is 0 Å². The Labute approximate surface area is 143 Å². The molecule has 5 nitrogen and oxygen atoms in total. The van der Waals surface area contributed by atoms with E-state index in [0.717, 1.165) is 18.3 Å². The summed E-state index contributed by atoms with van der Waals surface area (Å²) in [5.74, 6) is -1.36.